The molecule has 0 rings (SSSR count). The van der Waals surface area contributed by atoms with Crippen molar-refractivity contribution in [2.75, 3.05) is 0 Å². The summed E-state index contributed by atoms with van der Waals surface area (Å²) in [5.74, 6) is 0.649. The molecule has 0 bridgehead atoms. The summed E-state index contributed by atoms with van der Waals surface area (Å²) in [5.41, 5.74) is 2.89. The molecule has 0 heterocycles. The van der Waals surface area contributed by atoms with Crippen molar-refractivity contribution >= 4 is 0 Å². The molecule has 0 aliphatic heterocycles. The van der Waals surface area contributed by atoms with Crippen LogP contribution in [0.25, 0.3) is 0 Å². The van der Waals surface area contributed by atoms with E-state index >= 15 is 0 Å². The number of hydrogen-bond donors (Lipinski definition) is 0. The van der Waals surface area contributed by atoms with Crippen LogP contribution >= 0.6 is 0 Å². The molecular weight excluding hydrogens is 156 g/mol. The largest absolute Gasteiger partial charge is 0.103 e. The molecule has 1 unspecified atom stereocenters. The first-order chi connectivity index (χ1) is 6.10. The lowest BCUT2D eigenvalue weighted by Crippen LogP contribution is -1.92. The minimum absolute atomic E-state index is 0.649. The topological polar surface area (TPSA) is 0 Å². The molecule has 74 valence electrons. The lowest BCUT2D eigenvalue weighted by molar-refractivity contribution is 0.708. The van der Waals surface area contributed by atoms with Gasteiger partial charge in [0, 0.05) is 0 Å². The van der Waals surface area contributed by atoms with E-state index in [1.165, 1.54) is 17.6 Å². The molecule has 0 saturated carbocycles. The van der Waals surface area contributed by atoms with Crippen molar-refractivity contribution in [2.45, 2.75) is 40.5 Å². The molecule has 0 fully saturated rings. The zero-order chi connectivity index (χ0) is 10.3. The van der Waals surface area contributed by atoms with E-state index in [1.807, 2.05) is 6.08 Å². The molecule has 0 N–H and O–H groups in total. The van der Waals surface area contributed by atoms with Crippen molar-refractivity contribution in [1.29, 1.82) is 0 Å². The second-order valence-electron chi connectivity index (χ2n) is 3.82. The average molecular weight is 178 g/mol. The van der Waals surface area contributed by atoms with E-state index in [0.717, 1.165) is 6.42 Å². The van der Waals surface area contributed by atoms with Crippen LogP contribution in [-0.2, 0) is 0 Å². The van der Waals surface area contributed by atoms with Gasteiger partial charge in [-0.2, -0.15) is 0 Å². The van der Waals surface area contributed by atoms with Crippen molar-refractivity contribution in [1.82, 2.24) is 0 Å². The Balaban J connectivity index is 4.05. The molecule has 0 heteroatoms. The monoisotopic (exact) mass is 178 g/mol. The minimum Gasteiger partial charge on any atom is -0.103 e. The summed E-state index contributed by atoms with van der Waals surface area (Å²) in [6.07, 6.45) is 8.67. The Morgan fingerprint density at radius 3 is 2.38 bits per heavy atom. The maximum absolute atomic E-state index is 3.73. The molecule has 0 aliphatic carbocycles. The van der Waals surface area contributed by atoms with Crippen LogP contribution in [0.5, 0.6) is 0 Å². The fourth-order valence-electron chi connectivity index (χ4n) is 1.47. The second kappa shape index (κ2) is 6.71. The molecule has 0 nitrogen and oxygen atoms in total. The highest BCUT2D eigenvalue weighted by Crippen LogP contribution is 2.15. The van der Waals surface area contributed by atoms with E-state index in [9.17, 15) is 0 Å². The predicted octanol–water partition coefficient (Wildman–Crippen LogP) is 4.50. The first-order valence-corrected chi connectivity index (χ1v) is 5.00. The number of hydrogen-bond acceptors (Lipinski definition) is 0. The van der Waals surface area contributed by atoms with E-state index in [0.29, 0.717) is 5.92 Å². The number of rotatable bonds is 5. The zero-order valence-corrected chi connectivity index (χ0v) is 9.43. The Kier molecular flexibility index (Phi) is 6.30. The smallest absolute Gasteiger partial charge is 0.0144 e. The van der Waals surface area contributed by atoms with Gasteiger partial charge in [0.15, 0.2) is 0 Å². The van der Waals surface area contributed by atoms with Crippen LogP contribution in [-0.4, -0.2) is 0 Å². The van der Waals surface area contributed by atoms with Gasteiger partial charge in [-0.15, -0.1) is 6.58 Å². The van der Waals surface area contributed by atoms with Gasteiger partial charge in [-0.05, 0) is 39.5 Å². The van der Waals surface area contributed by atoms with Gasteiger partial charge >= 0.3 is 0 Å². The highest BCUT2D eigenvalue weighted by Gasteiger charge is 1.98. The summed E-state index contributed by atoms with van der Waals surface area (Å²) in [6, 6.07) is 0. The quantitative estimate of drug-likeness (QED) is 0.544. The van der Waals surface area contributed by atoms with Gasteiger partial charge in [-0.25, -0.2) is 0 Å². The standard InChI is InChI=1S/C13H22/c1-6-8-12(4)10-13(5)9-11(3)7-2/h6-7,10,13H,1,8-9H2,2-5H3. The minimum atomic E-state index is 0.649. The maximum atomic E-state index is 3.73. The van der Waals surface area contributed by atoms with Crippen molar-refractivity contribution in [3.8, 4) is 0 Å². The van der Waals surface area contributed by atoms with E-state index in [2.05, 4.69) is 46.4 Å². The van der Waals surface area contributed by atoms with Gasteiger partial charge in [0.05, 0.1) is 0 Å². The highest BCUT2D eigenvalue weighted by atomic mass is 14.0. The molecule has 0 radical (unpaired) electrons. The lowest BCUT2D eigenvalue weighted by atomic mass is 9.99. The summed E-state index contributed by atoms with van der Waals surface area (Å²) >= 11 is 0. The Hall–Kier alpha value is -0.780. The third-order valence-electron chi connectivity index (χ3n) is 2.17. The van der Waals surface area contributed by atoms with Crippen molar-refractivity contribution in [3.63, 3.8) is 0 Å². The first-order valence-electron chi connectivity index (χ1n) is 5.00. The van der Waals surface area contributed by atoms with Crippen LogP contribution in [0.2, 0.25) is 0 Å². The van der Waals surface area contributed by atoms with Crippen LogP contribution < -0.4 is 0 Å². The molecule has 0 aromatic rings. The average Bonchev–Trinajstić information content (AvgIpc) is 2.04. The summed E-state index contributed by atoms with van der Waals surface area (Å²) in [7, 11) is 0. The molecular formula is C13H22. The molecule has 0 amide bonds. The van der Waals surface area contributed by atoms with Gasteiger partial charge in [0.2, 0.25) is 0 Å². The SMILES string of the molecule is C=CCC(C)=CC(C)CC(C)=CC. The van der Waals surface area contributed by atoms with Crippen molar-refractivity contribution in [3.05, 3.63) is 36.0 Å². The zero-order valence-electron chi connectivity index (χ0n) is 9.43. The Morgan fingerprint density at radius 2 is 1.92 bits per heavy atom. The van der Waals surface area contributed by atoms with E-state index in [1.54, 1.807) is 0 Å². The third-order valence-corrected chi connectivity index (χ3v) is 2.17. The molecule has 0 aromatic heterocycles. The lowest BCUT2D eigenvalue weighted by Gasteiger charge is -2.07. The normalized spacial score (nSPS) is 15.7. The van der Waals surface area contributed by atoms with Crippen LogP contribution in [0, 0.1) is 5.92 Å². The molecule has 0 saturated heterocycles. The van der Waals surface area contributed by atoms with Gasteiger partial charge in [-0.1, -0.05) is 36.3 Å². The summed E-state index contributed by atoms with van der Waals surface area (Å²) in [6.45, 7) is 12.5. The molecule has 0 aliphatic rings. The van der Waals surface area contributed by atoms with Crippen molar-refractivity contribution < 1.29 is 0 Å². The summed E-state index contributed by atoms with van der Waals surface area (Å²) in [4.78, 5) is 0. The maximum Gasteiger partial charge on any atom is -0.0144 e. The second-order valence-corrected chi connectivity index (χ2v) is 3.82. The first kappa shape index (κ1) is 12.2. The Morgan fingerprint density at radius 1 is 1.31 bits per heavy atom. The van der Waals surface area contributed by atoms with Crippen LogP contribution in [0.1, 0.15) is 40.5 Å². The van der Waals surface area contributed by atoms with Gasteiger partial charge in [-0.3, -0.25) is 0 Å². The predicted molar refractivity (Wildman–Crippen MR) is 61.8 cm³/mol. The van der Waals surface area contributed by atoms with Crippen LogP contribution in [0.15, 0.2) is 36.0 Å². The fraction of sp³-hybridized carbons (Fsp3) is 0.538. The van der Waals surface area contributed by atoms with E-state index in [-0.39, 0.29) is 0 Å². The molecule has 0 aromatic carbocycles. The van der Waals surface area contributed by atoms with Gasteiger partial charge in [0.1, 0.15) is 0 Å². The molecule has 13 heavy (non-hydrogen) atoms. The Bertz CT molecular complexity index is 206. The van der Waals surface area contributed by atoms with Crippen LogP contribution in [0.4, 0.5) is 0 Å². The third kappa shape index (κ3) is 6.39. The van der Waals surface area contributed by atoms with E-state index < -0.39 is 0 Å². The fourth-order valence-corrected chi connectivity index (χ4v) is 1.47. The number of allylic oxidation sites excluding steroid dienone is 5. The Labute approximate surface area is 83.0 Å². The summed E-state index contributed by atoms with van der Waals surface area (Å²) in [5, 5.41) is 0. The molecule has 0 spiro atoms. The molecule has 1 atom stereocenters. The van der Waals surface area contributed by atoms with Crippen molar-refractivity contribution in [2.24, 2.45) is 5.92 Å². The van der Waals surface area contributed by atoms with Gasteiger partial charge < -0.3 is 0 Å². The van der Waals surface area contributed by atoms with E-state index in [4.69, 9.17) is 0 Å². The van der Waals surface area contributed by atoms with Crippen LogP contribution in [0.3, 0.4) is 0 Å². The van der Waals surface area contributed by atoms with Gasteiger partial charge in [0.25, 0.3) is 0 Å². The summed E-state index contributed by atoms with van der Waals surface area (Å²) < 4.78 is 0. The highest BCUT2D eigenvalue weighted by molar-refractivity contribution is 5.07.